The molecule has 3 rings (SSSR count). The SMILES string of the molecule is O=C(CN1CCCC1)Nc1ccc(CN2CCCC2)cc1. The third-order valence-corrected chi connectivity index (χ3v) is 4.41. The molecule has 114 valence electrons. The van der Waals surface area contributed by atoms with Crippen LogP contribution in [0.1, 0.15) is 31.2 Å². The van der Waals surface area contributed by atoms with Crippen LogP contribution in [0.4, 0.5) is 5.69 Å². The Morgan fingerprint density at radius 1 is 0.905 bits per heavy atom. The van der Waals surface area contributed by atoms with E-state index in [9.17, 15) is 4.79 Å². The van der Waals surface area contributed by atoms with Crippen LogP contribution in [0.25, 0.3) is 0 Å². The molecule has 0 aliphatic carbocycles. The van der Waals surface area contributed by atoms with E-state index in [-0.39, 0.29) is 5.91 Å². The summed E-state index contributed by atoms with van der Waals surface area (Å²) in [6.07, 6.45) is 5.09. The van der Waals surface area contributed by atoms with Gasteiger partial charge in [0.25, 0.3) is 0 Å². The van der Waals surface area contributed by atoms with E-state index in [1.165, 1.54) is 44.3 Å². The van der Waals surface area contributed by atoms with Crippen molar-refractivity contribution < 1.29 is 4.79 Å². The zero-order valence-corrected chi connectivity index (χ0v) is 12.7. The fraction of sp³-hybridized carbons (Fsp3) is 0.588. The zero-order valence-electron chi connectivity index (χ0n) is 12.7. The highest BCUT2D eigenvalue weighted by molar-refractivity contribution is 5.92. The van der Waals surface area contributed by atoms with E-state index in [0.717, 1.165) is 25.3 Å². The molecule has 2 heterocycles. The largest absolute Gasteiger partial charge is 0.325 e. The number of hydrogen-bond donors (Lipinski definition) is 1. The summed E-state index contributed by atoms with van der Waals surface area (Å²) < 4.78 is 0. The molecule has 2 aliphatic rings. The van der Waals surface area contributed by atoms with Crippen LogP contribution in [0.5, 0.6) is 0 Å². The maximum atomic E-state index is 12.0. The lowest BCUT2D eigenvalue weighted by molar-refractivity contribution is -0.117. The molecule has 0 atom stereocenters. The summed E-state index contributed by atoms with van der Waals surface area (Å²) in [4.78, 5) is 16.7. The molecule has 0 bridgehead atoms. The average molecular weight is 287 g/mol. The van der Waals surface area contributed by atoms with Gasteiger partial charge in [0.15, 0.2) is 0 Å². The normalized spacial score (nSPS) is 20.0. The maximum Gasteiger partial charge on any atom is 0.238 e. The Balaban J connectivity index is 1.47. The van der Waals surface area contributed by atoms with E-state index in [1.807, 2.05) is 12.1 Å². The second-order valence-corrected chi connectivity index (χ2v) is 6.21. The van der Waals surface area contributed by atoms with E-state index in [0.29, 0.717) is 6.54 Å². The minimum absolute atomic E-state index is 0.101. The number of hydrogen-bond acceptors (Lipinski definition) is 3. The topological polar surface area (TPSA) is 35.6 Å². The van der Waals surface area contributed by atoms with Crippen molar-refractivity contribution in [2.75, 3.05) is 38.0 Å². The molecule has 2 fully saturated rings. The van der Waals surface area contributed by atoms with Gasteiger partial charge in [-0.3, -0.25) is 14.6 Å². The Morgan fingerprint density at radius 3 is 2.10 bits per heavy atom. The summed E-state index contributed by atoms with van der Waals surface area (Å²) in [7, 11) is 0. The number of carbonyl (C=O) groups excluding carboxylic acids is 1. The third kappa shape index (κ3) is 4.29. The van der Waals surface area contributed by atoms with Crippen molar-refractivity contribution in [3.8, 4) is 0 Å². The second-order valence-electron chi connectivity index (χ2n) is 6.21. The van der Waals surface area contributed by atoms with Crippen molar-refractivity contribution in [2.24, 2.45) is 0 Å². The molecule has 4 heteroatoms. The molecule has 0 saturated carbocycles. The number of likely N-dealkylation sites (tertiary alicyclic amines) is 2. The fourth-order valence-corrected chi connectivity index (χ4v) is 3.24. The van der Waals surface area contributed by atoms with Gasteiger partial charge in [0.1, 0.15) is 0 Å². The summed E-state index contributed by atoms with van der Waals surface area (Å²) in [6, 6.07) is 8.30. The maximum absolute atomic E-state index is 12.0. The van der Waals surface area contributed by atoms with Gasteiger partial charge in [-0.2, -0.15) is 0 Å². The van der Waals surface area contributed by atoms with Crippen LogP contribution in [-0.2, 0) is 11.3 Å². The first-order chi connectivity index (χ1) is 10.3. The molecule has 0 radical (unpaired) electrons. The van der Waals surface area contributed by atoms with Crippen LogP contribution in [0.15, 0.2) is 24.3 Å². The minimum Gasteiger partial charge on any atom is -0.325 e. The van der Waals surface area contributed by atoms with Gasteiger partial charge in [-0.15, -0.1) is 0 Å². The number of amides is 1. The number of nitrogens with one attached hydrogen (secondary N) is 1. The number of carbonyl (C=O) groups is 1. The Bertz CT molecular complexity index is 459. The van der Waals surface area contributed by atoms with Crippen molar-refractivity contribution in [3.63, 3.8) is 0 Å². The number of benzene rings is 1. The lowest BCUT2D eigenvalue weighted by atomic mass is 10.2. The molecule has 0 spiro atoms. The van der Waals surface area contributed by atoms with Crippen LogP contribution >= 0.6 is 0 Å². The third-order valence-electron chi connectivity index (χ3n) is 4.41. The van der Waals surface area contributed by atoms with Crippen molar-refractivity contribution >= 4 is 11.6 Å². The molecule has 1 aromatic carbocycles. The smallest absolute Gasteiger partial charge is 0.238 e. The van der Waals surface area contributed by atoms with Crippen LogP contribution < -0.4 is 5.32 Å². The van der Waals surface area contributed by atoms with Crippen LogP contribution in [0.2, 0.25) is 0 Å². The molecule has 1 N–H and O–H groups in total. The van der Waals surface area contributed by atoms with Crippen molar-refractivity contribution in [2.45, 2.75) is 32.2 Å². The lowest BCUT2D eigenvalue weighted by Gasteiger charge is -2.16. The predicted octanol–water partition coefficient (Wildman–Crippen LogP) is 2.32. The standard InChI is InChI=1S/C17H25N3O/c21-17(14-20-11-3-4-12-20)18-16-7-5-15(6-8-16)13-19-9-1-2-10-19/h5-8H,1-4,9-14H2,(H,18,21). The van der Waals surface area contributed by atoms with Gasteiger partial charge in [-0.25, -0.2) is 0 Å². The molecular formula is C17H25N3O. The monoisotopic (exact) mass is 287 g/mol. The first-order valence-corrected chi connectivity index (χ1v) is 8.13. The Labute approximate surface area is 127 Å². The van der Waals surface area contributed by atoms with Gasteiger partial charge < -0.3 is 5.32 Å². The molecule has 1 amide bonds. The first kappa shape index (κ1) is 14.5. The van der Waals surface area contributed by atoms with Crippen molar-refractivity contribution in [1.29, 1.82) is 0 Å². The number of anilines is 1. The van der Waals surface area contributed by atoms with Gasteiger partial charge in [0.2, 0.25) is 5.91 Å². The molecule has 2 aliphatic heterocycles. The Hall–Kier alpha value is -1.39. The summed E-state index contributed by atoms with van der Waals surface area (Å²) in [6.45, 7) is 6.10. The molecular weight excluding hydrogens is 262 g/mol. The van der Waals surface area contributed by atoms with Crippen LogP contribution in [-0.4, -0.2) is 48.4 Å². The quantitative estimate of drug-likeness (QED) is 0.903. The van der Waals surface area contributed by atoms with Gasteiger partial charge >= 0.3 is 0 Å². The molecule has 2 saturated heterocycles. The van der Waals surface area contributed by atoms with Gasteiger partial charge in [-0.1, -0.05) is 12.1 Å². The highest BCUT2D eigenvalue weighted by Gasteiger charge is 2.15. The highest BCUT2D eigenvalue weighted by atomic mass is 16.2. The van der Waals surface area contributed by atoms with Crippen molar-refractivity contribution in [1.82, 2.24) is 9.80 Å². The Kier molecular flexibility index (Phi) is 4.88. The van der Waals surface area contributed by atoms with E-state index in [2.05, 4.69) is 27.2 Å². The molecule has 0 aromatic heterocycles. The van der Waals surface area contributed by atoms with E-state index < -0.39 is 0 Å². The molecule has 4 nitrogen and oxygen atoms in total. The van der Waals surface area contributed by atoms with Gasteiger partial charge in [-0.05, 0) is 69.6 Å². The van der Waals surface area contributed by atoms with Crippen LogP contribution in [0.3, 0.4) is 0 Å². The number of rotatable bonds is 5. The summed E-state index contributed by atoms with van der Waals surface area (Å²) in [5, 5.41) is 3.00. The van der Waals surface area contributed by atoms with Crippen molar-refractivity contribution in [3.05, 3.63) is 29.8 Å². The van der Waals surface area contributed by atoms with Crippen LogP contribution in [0, 0.1) is 0 Å². The summed E-state index contributed by atoms with van der Waals surface area (Å²) in [5.41, 5.74) is 2.24. The van der Waals surface area contributed by atoms with Gasteiger partial charge in [0.05, 0.1) is 6.54 Å². The second kappa shape index (κ2) is 7.05. The van der Waals surface area contributed by atoms with E-state index in [1.54, 1.807) is 0 Å². The van der Waals surface area contributed by atoms with Gasteiger partial charge in [0, 0.05) is 12.2 Å². The van der Waals surface area contributed by atoms with E-state index in [4.69, 9.17) is 0 Å². The van der Waals surface area contributed by atoms with E-state index >= 15 is 0 Å². The molecule has 0 unspecified atom stereocenters. The molecule has 21 heavy (non-hydrogen) atoms. The number of nitrogens with zero attached hydrogens (tertiary/aromatic N) is 2. The zero-order chi connectivity index (χ0) is 14.5. The predicted molar refractivity (Wildman–Crippen MR) is 85.3 cm³/mol. The lowest BCUT2D eigenvalue weighted by Crippen LogP contribution is -2.30. The summed E-state index contributed by atoms with van der Waals surface area (Å²) in [5.74, 6) is 0.101. The Morgan fingerprint density at radius 2 is 1.48 bits per heavy atom. The minimum atomic E-state index is 0.101. The first-order valence-electron chi connectivity index (χ1n) is 8.13. The fourth-order valence-electron chi connectivity index (χ4n) is 3.24. The highest BCUT2D eigenvalue weighted by Crippen LogP contribution is 2.15. The summed E-state index contributed by atoms with van der Waals surface area (Å²) >= 11 is 0. The average Bonchev–Trinajstić information content (AvgIpc) is 3.14. The molecule has 1 aromatic rings.